The van der Waals surface area contributed by atoms with E-state index in [-0.39, 0.29) is 11.3 Å². The first-order valence-corrected chi connectivity index (χ1v) is 8.41. The predicted octanol–water partition coefficient (Wildman–Crippen LogP) is 4.79. The van der Waals surface area contributed by atoms with E-state index < -0.39 is 0 Å². The van der Waals surface area contributed by atoms with Crippen molar-refractivity contribution in [2.45, 2.75) is 19.9 Å². The lowest BCUT2D eigenvalue weighted by molar-refractivity contribution is 0.864. The molecule has 0 spiro atoms. The molecular weight excluding hydrogens is 390 g/mol. The summed E-state index contributed by atoms with van der Waals surface area (Å²) in [7, 11) is 0. The fraction of sp³-hybridized carbons (Fsp3) is 0.176. The highest BCUT2D eigenvalue weighted by Gasteiger charge is 2.15. The highest BCUT2D eigenvalue weighted by molar-refractivity contribution is 9.10. The van der Waals surface area contributed by atoms with Crippen LogP contribution in [0.4, 0.5) is 5.82 Å². The Labute approximate surface area is 152 Å². The molecule has 1 aromatic carbocycles. The largest absolute Gasteiger partial charge is 0.363 e. The van der Waals surface area contributed by atoms with E-state index in [2.05, 4.69) is 42.3 Å². The molecule has 0 bridgehead atoms. The SMILES string of the molecule is Cc1c(C#N)cccc1C(C)Nc1nc(Cl)nc2ncc(Br)cc12. The maximum absolute atomic E-state index is 9.20. The first-order valence-electron chi connectivity index (χ1n) is 7.24. The van der Waals surface area contributed by atoms with Crippen LogP contribution in [0.2, 0.25) is 5.28 Å². The Hall–Kier alpha value is -2.23. The molecule has 3 rings (SSSR count). The number of pyridine rings is 1. The van der Waals surface area contributed by atoms with E-state index in [0.717, 1.165) is 21.0 Å². The van der Waals surface area contributed by atoms with Crippen LogP contribution < -0.4 is 5.32 Å². The third-order valence-corrected chi connectivity index (χ3v) is 4.41. The number of nitriles is 1. The van der Waals surface area contributed by atoms with Crippen LogP contribution in [0.1, 0.15) is 29.7 Å². The van der Waals surface area contributed by atoms with Gasteiger partial charge >= 0.3 is 0 Å². The monoisotopic (exact) mass is 401 g/mol. The summed E-state index contributed by atoms with van der Waals surface area (Å²) in [6, 6.07) is 9.72. The van der Waals surface area contributed by atoms with Crippen molar-refractivity contribution in [3.05, 3.63) is 56.9 Å². The van der Waals surface area contributed by atoms with E-state index in [1.807, 2.05) is 38.1 Å². The second-order valence-corrected chi connectivity index (χ2v) is 6.62. The summed E-state index contributed by atoms with van der Waals surface area (Å²) in [6.45, 7) is 3.95. The van der Waals surface area contributed by atoms with Crippen molar-refractivity contribution >= 4 is 44.4 Å². The van der Waals surface area contributed by atoms with E-state index in [9.17, 15) is 5.26 Å². The first-order chi connectivity index (χ1) is 11.5. The standard InChI is InChI=1S/C17H13BrClN5/c1-9-11(7-20)4-3-5-13(9)10(2)22-16-14-6-12(18)8-21-15(14)23-17(19)24-16/h3-6,8,10H,1-2H3,(H,21,22,23,24). The molecule has 0 fully saturated rings. The van der Waals surface area contributed by atoms with Crippen LogP contribution in [0.25, 0.3) is 11.0 Å². The molecule has 0 aliphatic rings. The summed E-state index contributed by atoms with van der Waals surface area (Å²) >= 11 is 9.43. The van der Waals surface area contributed by atoms with Gasteiger partial charge < -0.3 is 5.32 Å². The topological polar surface area (TPSA) is 74.5 Å². The second-order valence-electron chi connectivity index (χ2n) is 5.36. The van der Waals surface area contributed by atoms with Crippen molar-refractivity contribution in [3.63, 3.8) is 0 Å². The summed E-state index contributed by atoms with van der Waals surface area (Å²) in [5, 5.41) is 13.5. The molecule has 0 aliphatic carbocycles. The Bertz CT molecular complexity index is 967. The minimum absolute atomic E-state index is 0.0635. The molecule has 120 valence electrons. The van der Waals surface area contributed by atoms with Gasteiger partial charge in [0.2, 0.25) is 5.28 Å². The molecule has 24 heavy (non-hydrogen) atoms. The lowest BCUT2D eigenvalue weighted by atomic mass is 9.98. The van der Waals surface area contributed by atoms with Crippen LogP contribution in [-0.4, -0.2) is 15.0 Å². The van der Waals surface area contributed by atoms with Crippen LogP contribution in [-0.2, 0) is 0 Å². The van der Waals surface area contributed by atoms with Gasteiger partial charge in [-0.3, -0.25) is 0 Å². The fourth-order valence-corrected chi connectivity index (χ4v) is 3.09. The van der Waals surface area contributed by atoms with Gasteiger partial charge in [0.1, 0.15) is 5.82 Å². The Morgan fingerprint density at radius 3 is 2.88 bits per heavy atom. The van der Waals surface area contributed by atoms with Gasteiger partial charge in [-0.1, -0.05) is 12.1 Å². The van der Waals surface area contributed by atoms with Gasteiger partial charge in [-0.25, -0.2) is 9.97 Å². The number of anilines is 1. The molecule has 2 aromatic heterocycles. The van der Waals surface area contributed by atoms with E-state index in [4.69, 9.17) is 11.6 Å². The lowest BCUT2D eigenvalue weighted by Crippen LogP contribution is -2.11. The van der Waals surface area contributed by atoms with Crippen LogP contribution >= 0.6 is 27.5 Å². The van der Waals surface area contributed by atoms with Gasteiger partial charge in [0.15, 0.2) is 5.65 Å². The number of nitrogens with one attached hydrogen (secondary N) is 1. The third kappa shape index (κ3) is 3.18. The molecule has 0 radical (unpaired) electrons. The van der Waals surface area contributed by atoms with Crippen molar-refractivity contribution in [1.29, 1.82) is 5.26 Å². The molecule has 1 N–H and O–H groups in total. The molecular formula is C17H13BrClN5. The zero-order valence-electron chi connectivity index (χ0n) is 13.0. The van der Waals surface area contributed by atoms with E-state index in [1.165, 1.54) is 0 Å². The third-order valence-electron chi connectivity index (χ3n) is 3.81. The number of fused-ring (bicyclic) bond motifs is 1. The molecule has 5 nitrogen and oxygen atoms in total. The predicted molar refractivity (Wildman–Crippen MR) is 98.0 cm³/mol. The minimum atomic E-state index is -0.0635. The Morgan fingerprint density at radius 2 is 2.12 bits per heavy atom. The molecule has 3 aromatic rings. The molecule has 1 unspecified atom stereocenters. The number of benzene rings is 1. The zero-order valence-corrected chi connectivity index (χ0v) is 15.4. The van der Waals surface area contributed by atoms with Crippen LogP contribution in [0.15, 0.2) is 34.9 Å². The van der Waals surface area contributed by atoms with Crippen molar-refractivity contribution in [2.24, 2.45) is 0 Å². The van der Waals surface area contributed by atoms with Crippen molar-refractivity contribution in [1.82, 2.24) is 15.0 Å². The molecule has 0 aliphatic heterocycles. The number of hydrogen-bond donors (Lipinski definition) is 1. The molecule has 2 heterocycles. The van der Waals surface area contributed by atoms with Crippen LogP contribution in [0.3, 0.4) is 0 Å². The number of aromatic nitrogens is 3. The highest BCUT2D eigenvalue weighted by Crippen LogP contribution is 2.28. The normalized spacial score (nSPS) is 12.0. The second kappa shape index (κ2) is 6.71. The van der Waals surface area contributed by atoms with E-state index in [1.54, 1.807) is 6.20 Å². The van der Waals surface area contributed by atoms with Gasteiger partial charge in [0, 0.05) is 10.7 Å². The summed E-state index contributed by atoms with van der Waals surface area (Å²) in [5.74, 6) is 0.605. The van der Waals surface area contributed by atoms with Crippen LogP contribution in [0, 0.1) is 18.3 Å². The number of nitrogens with zero attached hydrogens (tertiary/aromatic N) is 4. The summed E-state index contributed by atoms with van der Waals surface area (Å²) in [4.78, 5) is 12.7. The van der Waals surface area contributed by atoms with E-state index in [0.29, 0.717) is 17.0 Å². The molecule has 1 atom stereocenters. The average Bonchev–Trinajstić information content (AvgIpc) is 2.55. The summed E-state index contributed by atoms with van der Waals surface area (Å²) in [6.07, 6.45) is 1.67. The average molecular weight is 403 g/mol. The zero-order chi connectivity index (χ0) is 17.3. The Balaban J connectivity index is 2.04. The summed E-state index contributed by atoms with van der Waals surface area (Å²) < 4.78 is 0.833. The fourth-order valence-electron chi connectivity index (χ4n) is 2.60. The van der Waals surface area contributed by atoms with Gasteiger partial charge in [-0.05, 0) is 64.6 Å². The van der Waals surface area contributed by atoms with E-state index >= 15 is 0 Å². The Kier molecular flexibility index (Phi) is 4.65. The minimum Gasteiger partial charge on any atom is -0.363 e. The van der Waals surface area contributed by atoms with Crippen molar-refractivity contribution in [2.75, 3.05) is 5.32 Å². The maximum atomic E-state index is 9.20. The van der Waals surface area contributed by atoms with Gasteiger partial charge in [0.05, 0.1) is 23.1 Å². The van der Waals surface area contributed by atoms with Crippen LogP contribution in [0.5, 0.6) is 0 Å². The number of hydrogen-bond acceptors (Lipinski definition) is 5. The number of halogens is 2. The van der Waals surface area contributed by atoms with Gasteiger partial charge in [0.25, 0.3) is 0 Å². The number of rotatable bonds is 3. The van der Waals surface area contributed by atoms with Crippen molar-refractivity contribution in [3.8, 4) is 6.07 Å². The highest BCUT2D eigenvalue weighted by atomic mass is 79.9. The quantitative estimate of drug-likeness (QED) is 0.637. The first kappa shape index (κ1) is 16.6. The summed E-state index contributed by atoms with van der Waals surface area (Å²) in [5.41, 5.74) is 3.16. The lowest BCUT2D eigenvalue weighted by Gasteiger charge is -2.19. The maximum Gasteiger partial charge on any atom is 0.226 e. The molecule has 7 heteroatoms. The van der Waals surface area contributed by atoms with Gasteiger partial charge in [-0.2, -0.15) is 10.2 Å². The smallest absolute Gasteiger partial charge is 0.226 e. The molecule has 0 amide bonds. The van der Waals surface area contributed by atoms with Gasteiger partial charge in [-0.15, -0.1) is 0 Å². The molecule has 0 saturated heterocycles. The molecule has 0 saturated carbocycles. The Morgan fingerprint density at radius 1 is 1.33 bits per heavy atom. The van der Waals surface area contributed by atoms with Crippen molar-refractivity contribution < 1.29 is 0 Å².